The van der Waals surface area contributed by atoms with E-state index in [0.717, 1.165) is 23.1 Å². The highest BCUT2D eigenvalue weighted by Crippen LogP contribution is 2.27. The molecule has 2 nitrogen and oxygen atoms in total. The first-order valence-corrected chi connectivity index (χ1v) is 4.63. The van der Waals surface area contributed by atoms with Crippen LogP contribution in [0.25, 0.3) is 0 Å². The summed E-state index contributed by atoms with van der Waals surface area (Å²) in [6.45, 7) is 4.09. The highest BCUT2D eigenvalue weighted by molar-refractivity contribution is 5.99. The Labute approximate surface area is 78.0 Å². The van der Waals surface area contributed by atoms with E-state index in [1.807, 2.05) is 13.0 Å². The van der Waals surface area contributed by atoms with Crippen LogP contribution in [0.5, 0.6) is 0 Å². The Hall–Kier alpha value is -1.31. The molecule has 1 unspecified atom stereocenters. The summed E-state index contributed by atoms with van der Waals surface area (Å²) >= 11 is 0. The first kappa shape index (κ1) is 8.30. The van der Waals surface area contributed by atoms with Crippen molar-refractivity contribution in [2.45, 2.75) is 26.3 Å². The van der Waals surface area contributed by atoms with Gasteiger partial charge >= 0.3 is 0 Å². The minimum Gasteiger partial charge on any atom is -0.345 e. The molecular formula is C11H13NO. The molecule has 0 spiro atoms. The molecule has 2 heteroatoms. The molecule has 13 heavy (non-hydrogen) atoms. The van der Waals surface area contributed by atoms with Crippen molar-refractivity contribution >= 4 is 5.91 Å². The summed E-state index contributed by atoms with van der Waals surface area (Å²) in [6.07, 6.45) is 0.960. The van der Waals surface area contributed by atoms with Crippen molar-refractivity contribution in [1.29, 1.82) is 0 Å². The van der Waals surface area contributed by atoms with Gasteiger partial charge in [0.1, 0.15) is 0 Å². The molecule has 0 radical (unpaired) electrons. The molecule has 0 saturated heterocycles. The van der Waals surface area contributed by atoms with Gasteiger partial charge in [-0.2, -0.15) is 0 Å². The largest absolute Gasteiger partial charge is 0.345 e. The maximum atomic E-state index is 11.5. The van der Waals surface area contributed by atoms with E-state index in [9.17, 15) is 4.79 Å². The average Bonchev–Trinajstić information content (AvgIpc) is 2.43. The molecule has 1 heterocycles. The lowest BCUT2D eigenvalue weighted by Crippen LogP contribution is -2.17. The summed E-state index contributed by atoms with van der Waals surface area (Å²) in [7, 11) is 0. The molecule has 1 aliphatic heterocycles. The van der Waals surface area contributed by atoms with Gasteiger partial charge in [-0.3, -0.25) is 4.79 Å². The van der Waals surface area contributed by atoms with E-state index in [1.165, 1.54) is 0 Å². The summed E-state index contributed by atoms with van der Waals surface area (Å²) in [5.41, 5.74) is 3.15. The zero-order valence-electron chi connectivity index (χ0n) is 7.92. The van der Waals surface area contributed by atoms with Gasteiger partial charge in [0.25, 0.3) is 5.91 Å². The molecule has 1 atom stereocenters. The van der Waals surface area contributed by atoms with Gasteiger partial charge in [0, 0.05) is 5.56 Å². The summed E-state index contributed by atoms with van der Waals surface area (Å²) in [4.78, 5) is 11.5. The number of carbonyl (C=O) groups excluding carboxylic acids is 1. The maximum absolute atomic E-state index is 11.5. The molecule has 1 N–H and O–H groups in total. The van der Waals surface area contributed by atoms with E-state index >= 15 is 0 Å². The number of hydrogen-bond acceptors (Lipinski definition) is 1. The normalized spacial score (nSPS) is 19.8. The van der Waals surface area contributed by atoms with E-state index < -0.39 is 0 Å². The third-order valence-electron chi connectivity index (χ3n) is 2.54. The van der Waals surface area contributed by atoms with Crippen LogP contribution in [0.4, 0.5) is 0 Å². The van der Waals surface area contributed by atoms with Crippen LogP contribution in [0.3, 0.4) is 0 Å². The smallest absolute Gasteiger partial charge is 0.252 e. The fourth-order valence-corrected chi connectivity index (χ4v) is 1.81. The van der Waals surface area contributed by atoms with Gasteiger partial charge in [0.05, 0.1) is 6.04 Å². The van der Waals surface area contributed by atoms with Gasteiger partial charge in [-0.25, -0.2) is 0 Å². The van der Waals surface area contributed by atoms with Crippen molar-refractivity contribution in [3.8, 4) is 0 Å². The van der Waals surface area contributed by atoms with Gasteiger partial charge in [-0.1, -0.05) is 24.6 Å². The third kappa shape index (κ3) is 1.22. The van der Waals surface area contributed by atoms with E-state index in [-0.39, 0.29) is 11.9 Å². The fourth-order valence-electron chi connectivity index (χ4n) is 1.81. The average molecular weight is 175 g/mol. The van der Waals surface area contributed by atoms with Crippen LogP contribution in [0.15, 0.2) is 18.2 Å². The molecule has 0 fully saturated rings. The second-order valence-electron chi connectivity index (χ2n) is 3.53. The van der Waals surface area contributed by atoms with Crippen LogP contribution in [-0.4, -0.2) is 5.91 Å². The number of benzene rings is 1. The Morgan fingerprint density at radius 2 is 2.23 bits per heavy atom. The number of aryl methyl sites for hydroxylation is 1. The number of carbonyl (C=O) groups is 1. The first-order chi connectivity index (χ1) is 6.22. The van der Waals surface area contributed by atoms with E-state index in [0.29, 0.717) is 0 Å². The zero-order chi connectivity index (χ0) is 9.42. The highest BCUT2D eigenvalue weighted by Gasteiger charge is 2.26. The van der Waals surface area contributed by atoms with Gasteiger partial charge in [-0.15, -0.1) is 0 Å². The summed E-state index contributed by atoms with van der Waals surface area (Å²) < 4.78 is 0. The molecule has 0 saturated carbocycles. The topological polar surface area (TPSA) is 29.1 Å². The monoisotopic (exact) mass is 175 g/mol. The van der Waals surface area contributed by atoms with Crippen LogP contribution in [0.2, 0.25) is 0 Å². The second kappa shape index (κ2) is 2.87. The van der Waals surface area contributed by atoms with Crippen molar-refractivity contribution in [3.05, 3.63) is 34.9 Å². The Bertz CT molecular complexity index is 357. The van der Waals surface area contributed by atoms with Gasteiger partial charge in [-0.05, 0) is 25.0 Å². The van der Waals surface area contributed by atoms with Crippen molar-refractivity contribution in [1.82, 2.24) is 5.32 Å². The van der Waals surface area contributed by atoms with Crippen LogP contribution in [-0.2, 0) is 0 Å². The van der Waals surface area contributed by atoms with Crippen molar-refractivity contribution in [2.24, 2.45) is 0 Å². The van der Waals surface area contributed by atoms with E-state index in [4.69, 9.17) is 0 Å². The summed E-state index contributed by atoms with van der Waals surface area (Å²) in [5, 5.41) is 2.96. The van der Waals surface area contributed by atoms with Crippen LogP contribution >= 0.6 is 0 Å². The Balaban J connectivity index is 2.52. The molecule has 0 aliphatic carbocycles. The molecule has 0 aromatic heterocycles. The lowest BCUT2D eigenvalue weighted by molar-refractivity contribution is 0.0955. The molecule has 68 valence electrons. The number of amides is 1. The van der Waals surface area contributed by atoms with Crippen molar-refractivity contribution in [3.63, 3.8) is 0 Å². The molecule has 1 amide bonds. The lowest BCUT2D eigenvalue weighted by atomic mass is 10.0. The molecular weight excluding hydrogens is 162 g/mol. The molecule has 1 aromatic carbocycles. The van der Waals surface area contributed by atoms with Crippen LogP contribution in [0, 0.1) is 6.92 Å². The Morgan fingerprint density at radius 3 is 2.92 bits per heavy atom. The number of fused-ring (bicyclic) bond motifs is 1. The lowest BCUT2D eigenvalue weighted by Gasteiger charge is -2.07. The SMILES string of the molecule is CCC1NC(=O)c2cc(C)ccc21. The molecule has 1 aromatic rings. The van der Waals surface area contributed by atoms with E-state index in [1.54, 1.807) is 0 Å². The Morgan fingerprint density at radius 1 is 1.46 bits per heavy atom. The van der Waals surface area contributed by atoms with Crippen molar-refractivity contribution < 1.29 is 4.79 Å². The predicted molar refractivity (Wildman–Crippen MR) is 51.7 cm³/mol. The number of rotatable bonds is 1. The minimum absolute atomic E-state index is 0.0746. The van der Waals surface area contributed by atoms with Crippen molar-refractivity contribution in [2.75, 3.05) is 0 Å². The minimum atomic E-state index is 0.0746. The summed E-state index contributed by atoms with van der Waals surface area (Å²) in [5.74, 6) is 0.0746. The van der Waals surface area contributed by atoms with Gasteiger partial charge in [0.15, 0.2) is 0 Å². The standard InChI is InChI=1S/C11H13NO/c1-3-10-8-5-4-7(2)6-9(8)11(13)12-10/h4-6,10H,3H2,1-2H3,(H,12,13). The Kier molecular flexibility index (Phi) is 1.83. The van der Waals surface area contributed by atoms with E-state index in [2.05, 4.69) is 24.4 Å². The predicted octanol–water partition coefficient (Wildman–Crippen LogP) is 2.19. The second-order valence-corrected chi connectivity index (χ2v) is 3.53. The molecule has 1 aliphatic rings. The summed E-state index contributed by atoms with van der Waals surface area (Å²) in [6, 6.07) is 6.29. The number of hydrogen-bond donors (Lipinski definition) is 1. The fraction of sp³-hybridized carbons (Fsp3) is 0.364. The maximum Gasteiger partial charge on any atom is 0.252 e. The van der Waals surface area contributed by atoms with Crippen LogP contribution in [0.1, 0.15) is 40.9 Å². The van der Waals surface area contributed by atoms with Gasteiger partial charge < -0.3 is 5.32 Å². The quantitative estimate of drug-likeness (QED) is 0.696. The zero-order valence-corrected chi connectivity index (χ0v) is 7.92. The molecule has 0 bridgehead atoms. The van der Waals surface area contributed by atoms with Gasteiger partial charge in [0.2, 0.25) is 0 Å². The third-order valence-corrected chi connectivity index (χ3v) is 2.54. The first-order valence-electron chi connectivity index (χ1n) is 4.63. The molecule has 2 rings (SSSR count). The van der Waals surface area contributed by atoms with Crippen LogP contribution < -0.4 is 5.32 Å². The number of nitrogens with one attached hydrogen (secondary N) is 1. The highest BCUT2D eigenvalue weighted by atomic mass is 16.2.